The van der Waals surface area contributed by atoms with Crippen LogP contribution in [0.2, 0.25) is 0 Å². The van der Waals surface area contributed by atoms with Gasteiger partial charge in [-0.25, -0.2) is 0 Å². The van der Waals surface area contributed by atoms with Gasteiger partial charge in [0.1, 0.15) is 10.7 Å². The fourth-order valence-corrected chi connectivity index (χ4v) is 3.06. The van der Waals surface area contributed by atoms with Crippen molar-refractivity contribution in [3.05, 3.63) is 46.9 Å². The fourth-order valence-electron chi connectivity index (χ4n) is 2.03. The van der Waals surface area contributed by atoms with Crippen molar-refractivity contribution in [3.8, 4) is 5.75 Å². The van der Waals surface area contributed by atoms with Crippen LogP contribution < -0.4 is 10.1 Å². The summed E-state index contributed by atoms with van der Waals surface area (Å²) in [5.41, 5.74) is 1.02. The molecular weight excluding hydrogens is 290 g/mol. The minimum Gasteiger partial charge on any atom is -0.497 e. The second kappa shape index (κ2) is 5.26. The Morgan fingerprint density at radius 2 is 1.95 bits per heavy atom. The second-order valence-electron chi connectivity index (χ2n) is 4.32. The Bertz CT molecular complexity index is 753. The van der Waals surface area contributed by atoms with Crippen LogP contribution in [0, 0.1) is 0 Å². The highest BCUT2D eigenvalue weighted by atomic mass is 32.2. The Labute approximate surface area is 126 Å². The molecule has 1 amide bonds. The van der Waals surface area contributed by atoms with E-state index < -0.39 is 0 Å². The predicted molar refractivity (Wildman–Crippen MR) is 87.2 cm³/mol. The zero-order chi connectivity index (χ0) is 14.1. The summed E-state index contributed by atoms with van der Waals surface area (Å²) >= 11 is 6.24. The number of rotatable bonds is 2. The van der Waals surface area contributed by atoms with E-state index in [2.05, 4.69) is 11.4 Å². The Morgan fingerprint density at radius 1 is 1.20 bits per heavy atom. The van der Waals surface area contributed by atoms with Gasteiger partial charge < -0.3 is 10.1 Å². The van der Waals surface area contributed by atoms with Crippen molar-refractivity contribution in [2.24, 2.45) is 0 Å². The van der Waals surface area contributed by atoms with E-state index in [9.17, 15) is 4.79 Å². The van der Waals surface area contributed by atoms with Crippen LogP contribution in [0.3, 0.4) is 0 Å². The lowest BCUT2D eigenvalue weighted by molar-refractivity contribution is 0.265. The quantitative estimate of drug-likeness (QED) is 0.673. The van der Waals surface area contributed by atoms with Gasteiger partial charge in [0.15, 0.2) is 0 Å². The molecule has 1 fully saturated rings. The number of hydrogen-bond donors (Lipinski definition) is 1. The van der Waals surface area contributed by atoms with E-state index in [0.29, 0.717) is 4.99 Å². The maximum absolute atomic E-state index is 11.2. The Hall–Kier alpha value is -1.85. The highest BCUT2D eigenvalue weighted by Gasteiger charge is 2.21. The van der Waals surface area contributed by atoms with Gasteiger partial charge in [0.2, 0.25) is 0 Å². The smallest absolute Gasteiger partial charge is 0.289 e. The summed E-state index contributed by atoms with van der Waals surface area (Å²) < 4.78 is 5.21. The number of thiocarbonyl (C=S) groups is 1. The molecule has 1 aliphatic rings. The van der Waals surface area contributed by atoms with E-state index in [1.165, 1.54) is 0 Å². The maximum atomic E-state index is 11.2. The highest BCUT2D eigenvalue weighted by Crippen LogP contribution is 2.28. The number of fused-ring (bicyclic) bond motifs is 1. The molecule has 0 spiro atoms. The largest absolute Gasteiger partial charge is 0.497 e. The number of carbonyl (C=O) groups excluding carboxylic acids is 1. The van der Waals surface area contributed by atoms with Crippen molar-refractivity contribution in [2.75, 3.05) is 7.11 Å². The molecule has 1 N–H and O–H groups in total. The van der Waals surface area contributed by atoms with E-state index in [4.69, 9.17) is 17.0 Å². The minimum atomic E-state index is -0.119. The summed E-state index contributed by atoms with van der Waals surface area (Å²) in [6, 6.07) is 12.0. The molecule has 20 heavy (non-hydrogen) atoms. The van der Waals surface area contributed by atoms with Crippen LogP contribution >= 0.6 is 24.0 Å². The van der Waals surface area contributed by atoms with Gasteiger partial charge in [0, 0.05) is 0 Å². The summed E-state index contributed by atoms with van der Waals surface area (Å²) in [5.74, 6) is 0.839. The molecule has 100 valence electrons. The molecule has 2 aromatic carbocycles. The number of amides is 1. The van der Waals surface area contributed by atoms with Gasteiger partial charge >= 0.3 is 0 Å². The number of carbonyl (C=O) groups is 1. The van der Waals surface area contributed by atoms with E-state index in [-0.39, 0.29) is 5.24 Å². The molecule has 5 heteroatoms. The first-order valence-corrected chi connectivity index (χ1v) is 7.21. The number of hydrogen-bond acceptors (Lipinski definition) is 4. The van der Waals surface area contributed by atoms with Gasteiger partial charge in [-0.2, -0.15) is 0 Å². The lowest BCUT2D eigenvalue weighted by Crippen LogP contribution is -2.15. The van der Waals surface area contributed by atoms with Crippen molar-refractivity contribution in [1.82, 2.24) is 5.32 Å². The molecular formula is C15H11NO2S2. The maximum Gasteiger partial charge on any atom is 0.289 e. The lowest BCUT2D eigenvalue weighted by atomic mass is 10.1. The molecule has 0 unspecified atom stereocenters. The van der Waals surface area contributed by atoms with E-state index in [1.54, 1.807) is 7.11 Å². The van der Waals surface area contributed by atoms with Crippen LogP contribution in [0.15, 0.2) is 41.3 Å². The standard InChI is InChI=1S/C15H11NO2S2/c1-18-12-5-4-10-6-9(2-3-11(10)8-12)7-13-14(19)16-15(17)20-13/h2-8H,1H3,(H,16,17,19)/b13-7-. The molecule has 1 heterocycles. The van der Waals surface area contributed by atoms with Crippen LogP contribution in [0.1, 0.15) is 5.56 Å². The van der Waals surface area contributed by atoms with Crippen molar-refractivity contribution < 1.29 is 9.53 Å². The molecule has 0 radical (unpaired) electrons. The number of benzene rings is 2. The average Bonchev–Trinajstić information content (AvgIpc) is 2.76. The summed E-state index contributed by atoms with van der Waals surface area (Å²) in [5, 5.41) is 4.72. The van der Waals surface area contributed by atoms with Gasteiger partial charge in [-0.3, -0.25) is 4.79 Å². The number of methoxy groups -OCH3 is 1. The fraction of sp³-hybridized carbons (Fsp3) is 0.0667. The van der Waals surface area contributed by atoms with Crippen molar-refractivity contribution in [3.63, 3.8) is 0 Å². The third kappa shape index (κ3) is 2.55. The van der Waals surface area contributed by atoms with Crippen molar-refractivity contribution >= 4 is 51.1 Å². The summed E-state index contributed by atoms with van der Waals surface area (Å²) in [6.45, 7) is 0. The van der Waals surface area contributed by atoms with Crippen LogP contribution in [0.4, 0.5) is 4.79 Å². The molecule has 3 nitrogen and oxygen atoms in total. The van der Waals surface area contributed by atoms with Crippen LogP contribution in [-0.2, 0) is 0 Å². The summed E-state index contributed by atoms with van der Waals surface area (Å²) in [4.78, 5) is 12.5. The molecule has 0 atom stereocenters. The van der Waals surface area contributed by atoms with Gasteiger partial charge in [-0.05, 0) is 52.4 Å². The van der Waals surface area contributed by atoms with Gasteiger partial charge in [0.05, 0.1) is 12.0 Å². The molecule has 0 saturated carbocycles. The molecule has 3 rings (SSSR count). The van der Waals surface area contributed by atoms with Crippen LogP contribution in [0.25, 0.3) is 16.8 Å². The topological polar surface area (TPSA) is 38.3 Å². The molecule has 0 bridgehead atoms. The van der Waals surface area contributed by atoms with Crippen LogP contribution in [-0.4, -0.2) is 17.3 Å². The SMILES string of the molecule is COc1ccc2cc(/C=C3\SC(=O)NC3=S)ccc2c1. The van der Waals surface area contributed by atoms with E-state index in [1.807, 2.05) is 36.4 Å². The molecule has 0 aliphatic carbocycles. The van der Waals surface area contributed by atoms with Gasteiger partial charge in [0.25, 0.3) is 5.24 Å². The first kappa shape index (κ1) is 13.1. The lowest BCUT2D eigenvalue weighted by Gasteiger charge is -2.04. The normalized spacial score (nSPS) is 16.8. The Morgan fingerprint density at radius 3 is 2.65 bits per heavy atom. The van der Waals surface area contributed by atoms with Crippen LogP contribution in [0.5, 0.6) is 5.75 Å². The molecule has 1 aliphatic heterocycles. The summed E-state index contributed by atoms with van der Waals surface area (Å²) in [7, 11) is 1.65. The minimum absolute atomic E-state index is 0.119. The zero-order valence-electron chi connectivity index (χ0n) is 10.7. The Kier molecular flexibility index (Phi) is 3.46. The summed E-state index contributed by atoms with van der Waals surface area (Å²) in [6.07, 6.45) is 1.93. The monoisotopic (exact) mass is 301 g/mol. The zero-order valence-corrected chi connectivity index (χ0v) is 12.3. The number of ether oxygens (including phenoxy) is 1. The molecule has 0 aromatic heterocycles. The number of thioether (sulfide) groups is 1. The Balaban J connectivity index is 1.99. The van der Waals surface area contributed by atoms with Gasteiger partial charge in [-0.1, -0.05) is 30.4 Å². The van der Waals surface area contributed by atoms with Crippen molar-refractivity contribution in [1.29, 1.82) is 0 Å². The first-order chi connectivity index (χ1) is 9.65. The molecule has 2 aromatic rings. The van der Waals surface area contributed by atoms with E-state index >= 15 is 0 Å². The predicted octanol–water partition coefficient (Wildman–Crippen LogP) is 3.97. The first-order valence-electron chi connectivity index (χ1n) is 5.98. The third-order valence-corrected chi connectivity index (χ3v) is 4.29. The highest BCUT2D eigenvalue weighted by molar-refractivity contribution is 8.19. The van der Waals surface area contributed by atoms with Gasteiger partial charge in [-0.15, -0.1) is 0 Å². The van der Waals surface area contributed by atoms with E-state index in [0.717, 1.165) is 38.8 Å². The average molecular weight is 301 g/mol. The third-order valence-electron chi connectivity index (χ3n) is 3.01. The molecule has 1 saturated heterocycles. The second-order valence-corrected chi connectivity index (χ2v) is 5.75. The number of nitrogens with one attached hydrogen (secondary N) is 1. The van der Waals surface area contributed by atoms with Crippen molar-refractivity contribution in [2.45, 2.75) is 0 Å².